The molecular formula is C23H26N2O2. The fourth-order valence-corrected chi connectivity index (χ4v) is 4.19. The molecule has 4 heteroatoms. The predicted octanol–water partition coefficient (Wildman–Crippen LogP) is 3.75. The Labute approximate surface area is 160 Å². The highest BCUT2D eigenvalue weighted by atomic mass is 16.1. The molecule has 1 atom stereocenters. The van der Waals surface area contributed by atoms with Crippen molar-refractivity contribution in [2.45, 2.75) is 26.2 Å². The topological polar surface area (TPSA) is 49.4 Å². The van der Waals surface area contributed by atoms with Crippen molar-refractivity contribution in [3.8, 4) is 11.1 Å². The minimum absolute atomic E-state index is 0.00807. The number of nitrogens with zero attached hydrogens (tertiary/aromatic N) is 1. The minimum Gasteiger partial charge on any atom is -0.352 e. The molecule has 0 aromatic heterocycles. The standard InChI is InChI=1S/C23H26N2O2/c1-16(15-25-11-5-2-6-12-25)14-24-23(27)17-9-10-19-18-7-3-4-8-20(18)22(26)21(19)13-17/h3-4,7-10,13,16H,2,5-6,11-12,14-15H2,1H3,(H,24,27). The number of amides is 1. The first-order chi connectivity index (χ1) is 13.1. The molecule has 0 radical (unpaired) electrons. The van der Waals surface area contributed by atoms with Crippen LogP contribution in [0.25, 0.3) is 11.1 Å². The number of carbonyl (C=O) groups is 2. The molecule has 2 aliphatic rings. The summed E-state index contributed by atoms with van der Waals surface area (Å²) in [5.74, 6) is 0.313. The van der Waals surface area contributed by atoms with E-state index in [9.17, 15) is 9.59 Å². The molecule has 140 valence electrons. The molecule has 0 bridgehead atoms. The Morgan fingerprint density at radius 1 is 1.00 bits per heavy atom. The second kappa shape index (κ2) is 7.65. The normalized spacial score (nSPS) is 17.3. The number of rotatable bonds is 5. The Hall–Kier alpha value is -2.46. The van der Waals surface area contributed by atoms with Crippen molar-refractivity contribution in [2.75, 3.05) is 26.2 Å². The minimum atomic E-state index is -0.105. The van der Waals surface area contributed by atoms with Crippen LogP contribution in [-0.4, -0.2) is 42.8 Å². The Kier molecular flexibility index (Phi) is 5.08. The summed E-state index contributed by atoms with van der Waals surface area (Å²) in [5, 5.41) is 3.04. The van der Waals surface area contributed by atoms with Crippen LogP contribution in [0.4, 0.5) is 0 Å². The zero-order valence-electron chi connectivity index (χ0n) is 15.8. The molecule has 1 aliphatic heterocycles. The van der Waals surface area contributed by atoms with Crippen LogP contribution in [0.5, 0.6) is 0 Å². The van der Waals surface area contributed by atoms with Crippen LogP contribution in [0.2, 0.25) is 0 Å². The number of hydrogen-bond acceptors (Lipinski definition) is 3. The van der Waals surface area contributed by atoms with E-state index in [2.05, 4.69) is 17.1 Å². The van der Waals surface area contributed by atoms with Crippen molar-refractivity contribution >= 4 is 11.7 Å². The smallest absolute Gasteiger partial charge is 0.251 e. The third-order valence-corrected chi connectivity index (χ3v) is 5.62. The zero-order chi connectivity index (χ0) is 18.8. The average molecular weight is 362 g/mol. The van der Waals surface area contributed by atoms with Gasteiger partial charge in [0.2, 0.25) is 0 Å². The van der Waals surface area contributed by atoms with E-state index >= 15 is 0 Å². The van der Waals surface area contributed by atoms with Gasteiger partial charge in [0, 0.05) is 29.8 Å². The van der Waals surface area contributed by atoms with Crippen LogP contribution in [0.3, 0.4) is 0 Å². The lowest BCUT2D eigenvalue weighted by Crippen LogP contribution is -2.38. The van der Waals surface area contributed by atoms with Gasteiger partial charge in [0.25, 0.3) is 5.91 Å². The number of nitrogens with one attached hydrogen (secondary N) is 1. The van der Waals surface area contributed by atoms with Crippen molar-refractivity contribution in [1.29, 1.82) is 0 Å². The highest BCUT2D eigenvalue weighted by Crippen LogP contribution is 2.36. The molecule has 27 heavy (non-hydrogen) atoms. The highest BCUT2D eigenvalue weighted by Gasteiger charge is 2.27. The van der Waals surface area contributed by atoms with Gasteiger partial charge in [-0.1, -0.05) is 43.7 Å². The van der Waals surface area contributed by atoms with Crippen LogP contribution in [0, 0.1) is 5.92 Å². The second-order valence-electron chi connectivity index (χ2n) is 7.81. The SMILES string of the molecule is CC(CNC(=O)c1ccc2c(c1)C(=O)c1ccccc1-2)CN1CCCCC1. The van der Waals surface area contributed by atoms with E-state index in [1.54, 1.807) is 6.07 Å². The van der Waals surface area contributed by atoms with Crippen molar-refractivity contribution in [3.05, 3.63) is 59.2 Å². The Morgan fingerprint density at radius 3 is 2.48 bits per heavy atom. The molecule has 4 rings (SSSR count). The molecule has 1 unspecified atom stereocenters. The van der Waals surface area contributed by atoms with Crippen LogP contribution in [-0.2, 0) is 0 Å². The van der Waals surface area contributed by atoms with Gasteiger partial charge in [-0.25, -0.2) is 0 Å². The van der Waals surface area contributed by atoms with Crippen LogP contribution in [0.1, 0.15) is 52.5 Å². The third kappa shape index (κ3) is 3.67. The number of fused-ring (bicyclic) bond motifs is 3. The number of carbonyl (C=O) groups excluding carboxylic acids is 2. The van der Waals surface area contributed by atoms with Gasteiger partial charge in [0.15, 0.2) is 5.78 Å². The van der Waals surface area contributed by atoms with Crippen LogP contribution < -0.4 is 5.32 Å². The summed E-state index contributed by atoms with van der Waals surface area (Å²) in [6.45, 7) is 6.20. The summed E-state index contributed by atoms with van der Waals surface area (Å²) in [6, 6.07) is 13.1. The molecule has 1 saturated heterocycles. The lowest BCUT2D eigenvalue weighted by molar-refractivity contribution is 0.0942. The van der Waals surface area contributed by atoms with E-state index in [0.29, 0.717) is 23.6 Å². The summed E-state index contributed by atoms with van der Waals surface area (Å²) < 4.78 is 0. The predicted molar refractivity (Wildman–Crippen MR) is 107 cm³/mol. The lowest BCUT2D eigenvalue weighted by atomic mass is 10.0. The molecule has 2 aromatic carbocycles. The van der Waals surface area contributed by atoms with Gasteiger partial charge in [0.1, 0.15) is 0 Å². The highest BCUT2D eigenvalue weighted by molar-refractivity contribution is 6.22. The molecule has 1 aliphatic carbocycles. The van der Waals surface area contributed by atoms with Gasteiger partial charge < -0.3 is 10.2 Å². The molecular weight excluding hydrogens is 336 g/mol. The van der Waals surface area contributed by atoms with Gasteiger partial charge in [-0.15, -0.1) is 0 Å². The van der Waals surface area contributed by atoms with Crippen LogP contribution >= 0.6 is 0 Å². The molecule has 2 aromatic rings. The Balaban J connectivity index is 1.39. The second-order valence-corrected chi connectivity index (χ2v) is 7.81. The molecule has 0 spiro atoms. The van der Waals surface area contributed by atoms with E-state index in [4.69, 9.17) is 0 Å². The molecule has 1 fully saturated rings. The molecule has 1 N–H and O–H groups in total. The van der Waals surface area contributed by atoms with Gasteiger partial charge >= 0.3 is 0 Å². The van der Waals surface area contributed by atoms with Crippen molar-refractivity contribution in [3.63, 3.8) is 0 Å². The van der Waals surface area contributed by atoms with Crippen molar-refractivity contribution in [1.82, 2.24) is 10.2 Å². The summed E-state index contributed by atoms with van der Waals surface area (Å²) in [7, 11) is 0. The van der Waals surface area contributed by atoms with Crippen molar-refractivity contribution < 1.29 is 9.59 Å². The first-order valence-corrected chi connectivity index (χ1v) is 9.92. The third-order valence-electron chi connectivity index (χ3n) is 5.62. The Morgan fingerprint density at radius 2 is 1.70 bits per heavy atom. The molecule has 1 heterocycles. The quantitative estimate of drug-likeness (QED) is 0.752. The molecule has 1 amide bonds. The summed E-state index contributed by atoms with van der Waals surface area (Å²) in [5.41, 5.74) is 3.79. The summed E-state index contributed by atoms with van der Waals surface area (Å²) in [6.07, 6.45) is 3.90. The maximum absolute atomic E-state index is 12.6. The fraction of sp³-hybridized carbons (Fsp3) is 0.391. The molecule has 0 saturated carbocycles. The molecule has 4 nitrogen and oxygen atoms in total. The summed E-state index contributed by atoms with van der Waals surface area (Å²) in [4.78, 5) is 27.7. The maximum atomic E-state index is 12.6. The van der Waals surface area contributed by atoms with Crippen LogP contribution in [0.15, 0.2) is 42.5 Å². The fourth-order valence-electron chi connectivity index (χ4n) is 4.19. The maximum Gasteiger partial charge on any atom is 0.251 e. The van der Waals surface area contributed by atoms with Gasteiger partial charge in [0.05, 0.1) is 0 Å². The first-order valence-electron chi connectivity index (χ1n) is 9.92. The van der Waals surface area contributed by atoms with Gasteiger partial charge in [-0.05, 0) is 55.1 Å². The zero-order valence-corrected chi connectivity index (χ0v) is 15.8. The van der Waals surface area contributed by atoms with E-state index in [1.807, 2.05) is 36.4 Å². The van der Waals surface area contributed by atoms with E-state index < -0.39 is 0 Å². The van der Waals surface area contributed by atoms with E-state index in [0.717, 1.165) is 23.2 Å². The number of piperidine rings is 1. The number of ketones is 1. The number of hydrogen-bond donors (Lipinski definition) is 1. The number of likely N-dealkylation sites (tertiary alicyclic amines) is 1. The van der Waals surface area contributed by atoms with E-state index in [1.165, 1.54) is 32.4 Å². The number of benzene rings is 2. The average Bonchev–Trinajstić information content (AvgIpc) is 2.99. The monoisotopic (exact) mass is 362 g/mol. The van der Waals surface area contributed by atoms with Gasteiger partial charge in [-0.3, -0.25) is 9.59 Å². The first kappa shape index (κ1) is 17.9. The van der Waals surface area contributed by atoms with E-state index in [-0.39, 0.29) is 11.7 Å². The van der Waals surface area contributed by atoms with Crippen molar-refractivity contribution in [2.24, 2.45) is 5.92 Å². The van der Waals surface area contributed by atoms with Gasteiger partial charge in [-0.2, -0.15) is 0 Å². The lowest BCUT2D eigenvalue weighted by Gasteiger charge is -2.29. The summed E-state index contributed by atoms with van der Waals surface area (Å²) >= 11 is 0. The Bertz CT molecular complexity index is 868. The largest absolute Gasteiger partial charge is 0.352 e.